The predicted molar refractivity (Wildman–Crippen MR) is 107 cm³/mol. The summed E-state index contributed by atoms with van der Waals surface area (Å²) in [5.41, 5.74) is 2.11. The second-order valence-electron chi connectivity index (χ2n) is 7.12. The molecule has 0 saturated carbocycles. The number of hydrogen-bond acceptors (Lipinski definition) is 4. The molecule has 0 fully saturated rings. The summed E-state index contributed by atoms with van der Waals surface area (Å²) in [7, 11) is 1.57. The number of alkyl halides is 3. The third-order valence-corrected chi connectivity index (χ3v) is 5.23. The van der Waals surface area contributed by atoms with E-state index in [4.69, 9.17) is 0 Å². The van der Waals surface area contributed by atoms with Crippen LogP contribution in [0.4, 0.5) is 13.2 Å². The normalized spacial score (nSPS) is 12.8. The van der Waals surface area contributed by atoms with Gasteiger partial charge < -0.3 is 9.47 Å². The largest absolute Gasteiger partial charge is 0.449 e. The van der Waals surface area contributed by atoms with E-state index in [0.717, 1.165) is 15.8 Å². The van der Waals surface area contributed by atoms with Crippen LogP contribution < -0.4 is 0 Å². The molecule has 1 atom stereocenters. The van der Waals surface area contributed by atoms with Crippen LogP contribution in [0.2, 0.25) is 0 Å². The van der Waals surface area contributed by atoms with E-state index < -0.39 is 24.5 Å². The molecule has 0 aliphatic carbocycles. The zero-order valence-corrected chi connectivity index (χ0v) is 16.8. The first-order valence-electron chi connectivity index (χ1n) is 9.49. The summed E-state index contributed by atoms with van der Waals surface area (Å²) in [6, 6.07) is 13.3. The van der Waals surface area contributed by atoms with Crippen molar-refractivity contribution in [1.82, 2.24) is 29.2 Å². The van der Waals surface area contributed by atoms with Crippen LogP contribution in [0.15, 0.2) is 61.2 Å². The number of hydrogen-bond donors (Lipinski definition) is 0. The lowest BCUT2D eigenvalue weighted by Crippen LogP contribution is -2.33. The number of para-hydroxylation sites is 2. The van der Waals surface area contributed by atoms with Gasteiger partial charge in [0.15, 0.2) is 0 Å². The summed E-state index contributed by atoms with van der Waals surface area (Å²) in [4.78, 5) is 21.9. The smallest absolute Gasteiger partial charge is 0.337 e. The Hall–Kier alpha value is -3.69. The predicted octanol–water partition coefficient (Wildman–Crippen LogP) is 3.86. The van der Waals surface area contributed by atoms with E-state index >= 15 is 0 Å². The molecule has 160 valence electrons. The summed E-state index contributed by atoms with van der Waals surface area (Å²) in [6.45, 7) is 1.35. The fourth-order valence-corrected chi connectivity index (χ4v) is 3.39. The Labute approximate surface area is 175 Å². The fraction of sp³-hybridized carbons (Fsp3) is 0.238. The molecule has 10 heteroatoms. The lowest BCUT2D eigenvalue weighted by Gasteiger charge is -2.26. The molecule has 0 spiro atoms. The summed E-state index contributed by atoms with van der Waals surface area (Å²) >= 11 is 0. The summed E-state index contributed by atoms with van der Waals surface area (Å²) in [5, 5.41) is 4.06. The molecule has 2 aromatic heterocycles. The monoisotopic (exact) mass is 428 g/mol. The summed E-state index contributed by atoms with van der Waals surface area (Å²) in [6.07, 6.45) is -1.67. The van der Waals surface area contributed by atoms with Crippen LogP contribution >= 0.6 is 0 Å². The van der Waals surface area contributed by atoms with Crippen LogP contribution in [-0.2, 0) is 17.5 Å². The van der Waals surface area contributed by atoms with Crippen molar-refractivity contribution in [2.24, 2.45) is 0 Å². The number of nitrogens with zero attached hydrogens (tertiary/aromatic N) is 6. The molecule has 1 amide bonds. The van der Waals surface area contributed by atoms with Gasteiger partial charge in [-0.2, -0.15) is 18.3 Å². The van der Waals surface area contributed by atoms with Crippen LogP contribution in [-0.4, -0.2) is 42.2 Å². The Morgan fingerprint density at radius 1 is 1.13 bits per heavy atom. The van der Waals surface area contributed by atoms with Gasteiger partial charge in [-0.05, 0) is 36.8 Å². The van der Waals surface area contributed by atoms with Crippen LogP contribution in [0.5, 0.6) is 0 Å². The molecule has 0 unspecified atom stereocenters. The SMILES string of the molecule is C[C@@H](c1ccc(-n2cncn2)cc1)N(C)C(=O)Cn1c(C(F)(F)F)nc2ccccc21. The van der Waals surface area contributed by atoms with Gasteiger partial charge in [0.1, 0.15) is 19.2 Å². The van der Waals surface area contributed by atoms with E-state index in [-0.39, 0.29) is 17.1 Å². The minimum absolute atomic E-state index is 0.196. The number of likely N-dealkylation sites (N-methyl/N-ethyl adjacent to an activating group) is 1. The van der Waals surface area contributed by atoms with Crippen molar-refractivity contribution in [3.63, 3.8) is 0 Å². The number of fused-ring (bicyclic) bond motifs is 1. The highest BCUT2D eigenvalue weighted by Gasteiger charge is 2.38. The second kappa shape index (κ2) is 7.86. The number of halogens is 3. The number of carbonyl (C=O) groups excluding carboxylic acids is 1. The third kappa shape index (κ3) is 4.00. The van der Waals surface area contributed by atoms with Gasteiger partial charge in [-0.25, -0.2) is 14.6 Å². The minimum Gasteiger partial charge on any atom is -0.337 e. The van der Waals surface area contributed by atoms with E-state index in [0.29, 0.717) is 0 Å². The number of carbonyl (C=O) groups is 1. The molecule has 0 aliphatic rings. The average molecular weight is 428 g/mol. The summed E-state index contributed by atoms with van der Waals surface area (Å²) < 4.78 is 43.0. The lowest BCUT2D eigenvalue weighted by atomic mass is 10.1. The first-order valence-corrected chi connectivity index (χ1v) is 9.49. The highest BCUT2D eigenvalue weighted by atomic mass is 19.4. The zero-order chi connectivity index (χ0) is 22.2. The van der Waals surface area contributed by atoms with Crippen molar-refractivity contribution in [2.45, 2.75) is 25.7 Å². The van der Waals surface area contributed by atoms with Crippen molar-refractivity contribution in [3.8, 4) is 5.69 Å². The molecular weight excluding hydrogens is 409 g/mol. The Bertz CT molecular complexity index is 1200. The van der Waals surface area contributed by atoms with Gasteiger partial charge >= 0.3 is 6.18 Å². The van der Waals surface area contributed by atoms with Crippen molar-refractivity contribution >= 4 is 16.9 Å². The number of aromatic nitrogens is 5. The molecule has 4 rings (SSSR count). The van der Waals surface area contributed by atoms with Gasteiger partial charge in [-0.15, -0.1) is 0 Å². The zero-order valence-electron chi connectivity index (χ0n) is 16.8. The van der Waals surface area contributed by atoms with E-state index in [1.807, 2.05) is 31.2 Å². The number of benzene rings is 2. The Balaban J connectivity index is 1.56. The molecule has 0 bridgehead atoms. The summed E-state index contributed by atoms with van der Waals surface area (Å²) in [5.74, 6) is -1.54. The van der Waals surface area contributed by atoms with E-state index in [2.05, 4.69) is 15.1 Å². The lowest BCUT2D eigenvalue weighted by molar-refractivity contribution is -0.148. The molecule has 31 heavy (non-hydrogen) atoms. The Morgan fingerprint density at radius 2 is 1.84 bits per heavy atom. The van der Waals surface area contributed by atoms with E-state index in [9.17, 15) is 18.0 Å². The highest BCUT2D eigenvalue weighted by molar-refractivity contribution is 5.81. The first kappa shape index (κ1) is 20.6. The third-order valence-electron chi connectivity index (χ3n) is 5.23. The molecule has 0 radical (unpaired) electrons. The van der Waals surface area contributed by atoms with Crippen molar-refractivity contribution in [1.29, 1.82) is 0 Å². The maximum Gasteiger partial charge on any atom is 0.449 e. The van der Waals surface area contributed by atoms with E-state index in [1.165, 1.54) is 23.4 Å². The Kier molecular flexibility index (Phi) is 5.22. The van der Waals surface area contributed by atoms with Gasteiger partial charge in [0.2, 0.25) is 11.7 Å². The number of imidazole rings is 1. The van der Waals surface area contributed by atoms with Gasteiger partial charge in [0.25, 0.3) is 0 Å². The molecule has 0 aliphatic heterocycles. The van der Waals surface area contributed by atoms with Gasteiger partial charge in [-0.3, -0.25) is 4.79 Å². The standard InChI is InChI=1S/C21H19F3N6O/c1-14(15-7-9-16(10-8-15)30-13-25-12-26-30)28(2)19(31)11-29-18-6-4-3-5-17(18)27-20(29)21(22,23)24/h3-10,12-14H,11H2,1-2H3/t14-/m0/s1. The minimum atomic E-state index is -4.67. The maximum atomic E-state index is 13.5. The van der Waals surface area contributed by atoms with Crippen LogP contribution in [0, 0.1) is 0 Å². The molecule has 4 aromatic rings. The quantitative estimate of drug-likeness (QED) is 0.484. The first-order chi connectivity index (χ1) is 14.8. The number of amides is 1. The average Bonchev–Trinajstić information content (AvgIpc) is 3.41. The molecular formula is C21H19F3N6O. The molecule has 2 heterocycles. The topological polar surface area (TPSA) is 68.8 Å². The molecule has 0 N–H and O–H groups in total. The fourth-order valence-electron chi connectivity index (χ4n) is 3.39. The van der Waals surface area contributed by atoms with Crippen molar-refractivity contribution < 1.29 is 18.0 Å². The van der Waals surface area contributed by atoms with Gasteiger partial charge in [0, 0.05) is 7.05 Å². The van der Waals surface area contributed by atoms with E-state index in [1.54, 1.807) is 30.2 Å². The molecule has 7 nitrogen and oxygen atoms in total. The molecule has 0 saturated heterocycles. The highest BCUT2D eigenvalue weighted by Crippen LogP contribution is 2.32. The second-order valence-corrected chi connectivity index (χ2v) is 7.12. The van der Waals surface area contributed by atoms with Crippen LogP contribution in [0.3, 0.4) is 0 Å². The van der Waals surface area contributed by atoms with Crippen molar-refractivity contribution in [3.05, 3.63) is 72.6 Å². The van der Waals surface area contributed by atoms with Gasteiger partial charge in [-0.1, -0.05) is 24.3 Å². The Morgan fingerprint density at radius 3 is 2.48 bits per heavy atom. The van der Waals surface area contributed by atoms with Gasteiger partial charge in [0.05, 0.1) is 22.8 Å². The van der Waals surface area contributed by atoms with Crippen LogP contribution in [0.1, 0.15) is 24.4 Å². The number of rotatable bonds is 5. The maximum absolute atomic E-state index is 13.5. The molecule has 2 aromatic carbocycles. The van der Waals surface area contributed by atoms with Crippen molar-refractivity contribution in [2.75, 3.05) is 7.05 Å². The van der Waals surface area contributed by atoms with Crippen LogP contribution in [0.25, 0.3) is 16.7 Å².